The van der Waals surface area contributed by atoms with Gasteiger partial charge in [-0.2, -0.15) is 0 Å². The minimum atomic E-state index is 0.848. The summed E-state index contributed by atoms with van der Waals surface area (Å²) in [7, 11) is 0. The van der Waals surface area contributed by atoms with E-state index in [1.165, 1.54) is 30.4 Å². The Labute approximate surface area is 85.9 Å². The van der Waals surface area contributed by atoms with Gasteiger partial charge in [0.25, 0.3) is 0 Å². The van der Waals surface area contributed by atoms with E-state index < -0.39 is 0 Å². The Bertz CT molecular complexity index is 284. The van der Waals surface area contributed by atoms with Crippen molar-refractivity contribution >= 4 is 5.69 Å². The van der Waals surface area contributed by atoms with Crippen LogP contribution in [0.5, 0.6) is 0 Å². The van der Waals surface area contributed by atoms with Crippen LogP contribution in [0.2, 0.25) is 0 Å². The van der Waals surface area contributed by atoms with E-state index in [2.05, 4.69) is 25.4 Å². The lowest BCUT2D eigenvalue weighted by molar-refractivity contribution is 0.388. The predicted octanol–water partition coefficient (Wildman–Crippen LogP) is 3.53. The highest BCUT2D eigenvalue weighted by Crippen LogP contribution is 2.21. The number of rotatable bonds is 5. The Morgan fingerprint density at radius 3 is 2.71 bits per heavy atom. The minimum absolute atomic E-state index is 0.848. The molecule has 0 bridgehead atoms. The van der Waals surface area contributed by atoms with Crippen molar-refractivity contribution in [3.8, 4) is 0 Å². The van der Waals surface area contributed by atoms with Crippen LogP contribution >= 0.6 is 0 Å². The van der Waals surface area contributed by atoms with Crippen LogP contribution in [-0.2, 0) is 6.42 Å². The lowest BCUT2D eigenvalue weighted by atomic mass is 10.0. The normalized spacial score (nSPS) is 10.2. The number of anilines is 1. The van der Waals surface area contributed by atoms with Crippen molar-refractivity contribution in [3.05, 3.63) is 29.3 Å². The summed E-state index contributed by atoms with van der Waals surface area (Å²) in [5, 5.41) is 8.95. The van der Waals surface area contributed by atoms with E-state index in [4.69, 9.17) is 5.21 Å². The van der Waals surface area contributed by atoms with Crippen molar-refractivity contribution in [2.24, 2.45) is 0 Å². The van der Waals surface area contributed by atoms with Crippen molar-refractivity contribution in [1.82, 2.24) is 0 Å². The summed E-state index contributed by atoms with van der Waals surface area (Å²) in [4.78, 5) is 0. The second-order valence-electron chi connectivity index (χ2n) is 3.67. The maximum Gasteiger partial charge on any atom is 0.0636 e. The monoisotopic (exact) mass is 193 g/mol. The van der Waals surface area contributed by atoms with Gasteiger partial charge in [0.2, 0.25) is 0 Å². The molecule has 0 fully saturated rings. The van der Waals surface area contributed by atoms with Gasteiger partial charge in [0.1, 0.15) is 0 Å². The summed E-state index contributed by atoms with van der Waals surface area (Å²) in [6.45, 7) is 4.28. The van der Waals surface area contributed by atoms with Gasteiger partial charge in [-0.05, 0) is 37.0 Å². The average Bonchev–Trinajstić information content (AvgIpc) is 2.20. The van der Waals surface area contributed by atoms with E-state index in [0.717, 1.165) is 12.1 Å². The van der Waals surface area contributed by atoms with Gasteiger partial charge in [0.05, 0.1) is 5.69 Å². The van der Waals surface area contributed by atoms with E-state index >= 15 is 0 Å². The summed E-state index contributed by atoms with van der Waals surface area (Å²) in [5.74, 6) is 0. The number of hydrogen-bond donors (Lipinski definition) is 2. The highest BCUT2D eigenvalue weighted by Gasteiger charge is 2.03. The zero-order chi connectivity index (χ0) is 10.4. The number of nitrogens with one attached hydrogen (secondary N) is 1. The van der Waals surface area contributed by atoms with Crippen LogP contribution in [-0.4, -0.2) is 5.21 Å². The van der Waals surface area contributed by atoms with Gasteiger partial charge in [-0.15, -0.1) is 0 Å². The van der Waals surface area contributed by atoms with Gasteiger partial charge < -0.3 is 0 Å². The van der Waals surface area contributed by atoms with Crippen molar-refractivity contribution in [3.63, 3.8) is 0 Å². The molecular formula is C12H19NO. The zero-order valence-corrected chi connectivity index (χ0v) is 9.01. The van der Waals surface area contributed by atoms with Crippen molar-refractivity contribution < 1.29 is 5.21 Å². The number of benzene rings is 1. The molecule has 0 aromatic heterocycles. The largest absolute Gasteiger partial charge is 0.291 e. The number of aryl methyl sites for hydroxylation is 1. The molecule has 1 aromatic carbocycles. The molecule has 0 aliphatic carbocycles. The van der Waals surface area contributed by atoms with Crippen molar-refractivity contribution in [1.29, 1.82) is 0 Å². The summed E-state index contributed by atoms with van der Waals surface area (Å²) in [6, 6.07) is 5.95. The van der Waals surface area contributed by atoms with Crippen LogP contribution in [0.4, 0.5) is 5.69 Å². The first kappa shape index (κ1) is 11.1. The fraction of sp³-hybridized carbons (Fsp3) is 0.500. The molecule has 1 aromatic rings. The molecule has 0 heterocycles. The van der Waals surface area contributed by atoms with Gasteiger partial charge in [-0.3, -0.25) is 10.7 Å². The SMILES string of the molecule is CCCCCc1c(C)cccc1NO. The third kappa shape index (κ3) is 2.74. The molecular weight excluding hydrogens is 174 g/mol. The second-order valence-corrected chi connectivity index (χ2v) is 3.67. The fourth-order valence-electron chi connectivity index (χ4n) is 1.69. The molecule has 0 amide bonds. The van der Waals surface area contributed by atoms with Crippen LogP contribution in [0, 0.1) is 6.92 Å². The molecule has 2 heteroatoms. The molecule has 2 N–H and O–H groups in total. The van der Waals surface area contributed by atoms with Gasteiger partial charge >= 0.3 is 0 Å². The van der Waals surface area contributed by atoms with Crippen LogP contribution in [0.1, 0.15) is 37.3 Å². The summed E-state index contributed by atoms with van der Waals surface area (Å²) in [5.41, 5.74) is 5.60. The standard InChI is InChI=1S/C12H19NO/c1-3-4-5-8-11-10(2)7-6-9-12(11)13-14/h6-7,9,13-14H,3-5,8H2,1-2H3. The highest BCUT2D eigenvalue weighted by atomic mass is 16.5. The lowest BCUT2D eigenvalue weighted by Crippen LogP contribution is -1.98. The molecule has 0 aliphatic rings. The molecule has 1 rings (SSSR count). The van der Waals surface area contributed by atoms with Crippen LogP contribution in [0.3, 0.4) is 0 Å². The number of unbranched alkanes of at least 4 members (excludes halogenated alkanes) is 2. The quantitative estimate of drug-likeness (QED) is 0.554. The third-order valence-corrected chi connectivity index (χ3v) is 2.56. The molecule has 0 unspecified atom stereocenters. The smallest absolute Gasteiger partial charge is 0.0636 e. The lowest BCUT2D eigenvalue weighted by Gasteiger charge is -2.10. The summed E-state index contributed by atoms with van der Waals surface area (Å²) in [6.07, 6.45) is 4.71. The van der Waals surface area contributed by atoms with E-state index in [1.54, 1.807) is 0 Å². The minimum Gasteiger partial charge on any atom is -0.291 e. The Kier molecular flexibility index (Phi) is 4.47. The molecule has 14 heavy (non-hydrogen) atoms. The average molecular weight is 193 g/mol. The summed E-state index contributed by atoms with van der Waals surface area (Å²) >= 11 is 0. The third-order valence-electron chi connectivity index (χ3n) is 2.56. The van der Waals surface area contributed by atoms with Crippen molar-refractivity contribution in [2.45, 2.75) is 39.5 Å². The highest BCUT2D eigenvalue weighted by molar-refractivity contribution is 5.52. The van der Waals surface area contributed by atoms with E-state index in [1.807, 2.05) is 12.1 Å². The maximum absolute atomic E-state index is 8.95. The molecule has 0 radical (unpaired) electrons. The van der Waals surface area contributed by atoms with Crippen LogP contribution in [0.25, 0.3) is 0 Å². The topological polar surface area (TPSA) is 32.3 Å². The summed E-state index contributed by atoms with van der Waals surface area (Å²) < 4.78 is 0. The first-order valence-electron chi connectivity index (χ1n) is 5.28. The Morgan fingerprint density at radius 2 is 2.07 bits per heavy atom. The van der Waals surface area contributed by atoms with Gasteiger partial charge in [0, 0.05) is 0 Å². The van der Waals surface area contributed by atoms with E-state index in [9.17, 15) is 0 Å². The molecule has 0 saturated heterocycles. The molecule has 2 nitrogen and oxygen atoms in total. The first-order chi connectivity index (χ1) is 6.79. The molecule has 0 spiro atoms. The van der Waals surface area contributed by atoms with Gasteiger partial charge in [0.15, 0.2) is 0 Å². The van der Waals surface area contributed by atoms with Gasteiger partial charge in [-0.1, -0.05) is 31.9 Å². The number of hydrogen-bond acceptors (Lipinski definition) is 2. The predicted molar refractivity (Wildman–Crippen MR) is 59.8 cm³/mol. The molecule has 0 saturated carbocycles. The van der Waals surface area contributed by atoms with E-state index in [-0.39, 0.29) is 0 Å². The Morgan fingerprint density at radius 1 is 1.29 bits per heavy atom. The Balaban J connectivity index is 2.72. The zero-order valence-electron chi connectivity index (χ0n) is 9.01. The van der Waals surface area contributed by atoms with Crippen LogP contribution < -0.4 is 5.48 Å². The maximum atomic E-state index is 8.95. The van der Waals surface area contributed by atoms with E-state index in [0.29, 0.717) is 0 Å². The van der Waals surface area contributed by atoms with Crippen LogP contribution in [0.15, 0.2) is 18.2 Å². The molecule has 0 atom stereocenters. The molecule has 78 valence electrons. The fourth-order valence-corrected chi connectivity index (χ4v) is 1.69. The second kappa shape index (κ2) is 5.66. The Hall–Kier alpha value is -1.02. The first-order valence-corrected chi connectivity index (χ1v) is 5.28. The van der Waals surface area contributed by atoms with Crippen molar-refractivity contribution in [2.75, 3.05) is 5.48 Å². The van der Waals surface area contributed by atoms with Gasteiger partial charge in [-0.25, -0.2) is 0 Å². The molecule has 0 aliphatic heterocycles.